The molecule has 0 radical (unpaired) electrons. The number of thiophene rings is 2. The van der Waals surface area contributed by atoms with E-state index >= 15 is 0 Å². The average molecular weight is 447 g/mol. The third-order valence-electron chi connectivity index (χ3n) is 3.87. The summed E-state index contributed by atoms with van der Waals surface area (Å²) in [6, 6.07) is 12.5. The molecular weight excluding hydrogens is 432 g/mol. The molecule has 0 saturated carbocycles. The van der Waals surface area contributed by atoms with Gasteiger partial charge in [0.25, 0.3) is 5.91 Å². The lowest BCUT2D eigenvalue weighted by Gasteiger charge is -2.05. The Labute approximate surface area is 173 Å². The van der Waals surface area contributed by atoms with Crippen molar-refractivity contribution in [2.45, 2.75) is 4.90 Å². The molecule has 0 bridgehead atoms. The number of hydrogen-bond donors (Lipinski definition) is 1. The monoisotopic (exact) mass is 446 g/mol. The van der Waals surface area contributed by atoms with Crippen molar-refractivity contribution >= 4 is 76.8 Å². The predicted octanol–water partition coefficient (Wildman–Crippen LogP) is 5.00. The number of benzene rings is 1. The third kappa shape index (κ3) is 4.07. The van der Waals surface area contributed by atoms with Gasteiger partial charge in [-0.2, -0.15) is 0 Å². The zero-order chi connectivity index (χ0) is 19.7. The zero-order valence-electron chi connectivity index (χ0n) is 14.6. The van der Waals surface area contributed by atoms with Gasteiger partial charge in [0.15, 0.2) is 15.0 Å². The molecule has 0 aliphatic heterocycles. The number of carbonyl (C=O) groups excluding carboxylic acids is 1. The number of thiazole rings is 1. The molecule has 0 saturated heterocycles. The van der Waals surface area contributed by atoms with Crippen LogP contribution in [0.1, 0.15) is 9.75 Å². The maximum Gasteiger partial charge on any atom is 0.258 e. The summed E-state index contributed by atoms with van der Waals surface area (Å²) in [5, 5.41) is 7.17. The molecule has 0 aliphatic carbocycles. The highest BCUT2D eigenvalue weighted by atomic mass is 32.2. The summed E-state index contributed by atoms with van der Waals surface area (Å²) in [5.41, 5.74) is 1.21. The Kier molecular flexibility index (Phi) is 5.15. The number of nitrogens with one attached hydrogen (secondary N) is 1. The maximum atomic E-state index is 12.9. The fourth-order valence-corrected chi connectivity index (χ4v) is 5.57. The Balaban J connectivity index is 1.66. The van der Waals surface area contributed by atoms with Gasteiger partial charge in [-0.3, -0.25) is 10.1 Å². The molecule has 4 aromatic rings. The summed E-state index contributed by atoms with van der Waals surface area (Å²) in [6.45, 7) is 0. The minimum Gasteiger partial charge on any atom is -0.298 e. The van der Waals surface area contributed by atoms with E-state index in [9.17, 15) is 13.2 Å². The zero-order valence-corrected chi connectivity index (χ0v) is 17.8. The van der Waals surface area contributed by atoms with E-state index in [4.69, 9.17) is 0 Å². The highest BCUT2D eigenvalue weighted by Crippen LogP contribution is 2.30. The van der Waals surface area contributed by atoms with Crippen LogP contribution in [0, 0.1) is 0 Å². The van der Waals surface area contributed by atoms with Gasteiger partial charge in [0.05, 0.1) is 20.7 Å². The van der Waals surface area contributed by atoms with Crippen molar-refractivity contribution in [1.82, 2.24) is 4.98 Å². The van der Waals surface area contributed by atoms with Gasteiger partial charge in [0.2, 0.25) is 0 Å². The van der Waals surface area contributed by atoms with Crippen molar-refractivity contribution in [2.75, 3.05) is 11.6 Å². The Morgan fingerprint density at radius 2 is 1.89 bits per heavy atom. The number of aromatic nitrogens is 1. The van der Waals surface area contributed by atoms with Gasteiger partial charge in [-0.25, -0.2) is 13.4 Å². The Bertz CT molecular complexity index is 1270. The number of hydrogen-bond acceptors (Lipinski definition) is 7. The Morgan fingerprint density at radius 3 is 2.57 bits per heavy atom. The van der Waals surface area contributed by atoms with E-state index in [0.717, 1.165) is 9.75 Å². The summed E-state index contributed by atoms with van der Waals surface area (Å²) in [5.74, 6) is -0.252. The number of rotatable bonds is 5. The summed E-state index contributed by atoms with van der Waals surface area (Å²) < 4.78 is 24.2. The van der Waals surface area contributed by atoms with Gasteiger partial charge < -0.3 is 0 Å². The van der Waals surface area contributed by atoms with Crippen molar-refractivity contribution in [2.24, 2.45) is 0 Å². The van der Waals surface area contributed by atoms with E-state index in [0.29, 0.717) is 20.9 Å². The predicted molar refractivity (Wildman–Crippen MR) is 118 cm³/mol. The van der Waals surface area contributed by atoms with Crippen molar-refractivity contribution in [3.05, 3.63) is 63.0 Å². The normalized spacial score (nSPS) is 12.4. The van der Waals surface area contributed by atoms with E-state index in [-0.39, 0.29) is 10.8 Å². The average Bonchev–Trinajstić information content (AvgIpc) is 3.38. The number of fused-ring (bicyclic) bond motifs is 1. The first-order valence-corrected chi connectivity index (χ1v) is 12.6. The number of carbonyl (C=O) groups is 1. The lowest BCUT2D eigenvalue weighted by atomic mass is 10.2. The highest BCUT2D eigenvalue weighted by molar-refractivity contribution is 7.90. The van der Waals surface area contributed by atoms with E-state index in [1.54, 1.807) is 23.5 Å². The molecule has 3 heterocycles. The van der Waals surface area contributed by atoms with Gasteiger partial charge in [0.1, 0.15) is 0 Å². The molecule has 0 aliphatic rings. The molecule has 1 amide bonds. The standard InChI is InChI=1S/C19H14N2O3S4/c1-28(23,24)13-6-7-15-17(11-13)27-19(20-15)21-18(22)14(16-5-3-9-26-16)10-12-4-2-8-25-12/h2-11H,1H3,(H,20,21,22). The molecular formula is C19H14N2O3S4. The highest BCUT2D eigenvalue weighted by Gasteiger charge is 2.17. The molecule has 3 aromatic heterocycles. The van der Waals surface area contributed by atoms with Gasteiger partial charge in [-0.15, -0.1) is 22.7 Å². The SMILES string of the molecule is CS(=O)(=O)c1ccc2nc(NC(=O)C(=Cc3cccs3)c3cccs3)sc2c1. The van der Waals surface area contributed by atoms with Crippen LogP contribution in [0.4, 0.5) is 5.13 Å². The molecule has 0 spiro atoms. The van der Waals surface area contributed by atoms with Crippen LogP contribution in [0.5, 0.6) is 0 Å². The summed E-state index contributed by atoms with van der Waals surface area (Å²) in [6.07, 6.45) is 3.03. The molecule has 142 valence electrons. The molecule has 9 heteroatoms. The molecule has 0 fully saturated rings. The number of anilines is 1. The smallest absolute Gasteiger partial charge is 0.258 e. The molecule has 0 unspecified atom stereocenters. The minimum absolute atomic E-state index is 0.235. The quantitative estimate of drug-likeness (QED) is 0.438. The first-order valence-electron chi connectivity index (χ1n) is 8.11. The van der Waals surface area contributed by atoms with Crippen LogP contribution in [-0.4, -0.2) is 25.6 Å². The van der Waals surface area contributed by atoms with E-state index in [1.807, 2.05) is 41.1 Å². The van der Waals surface area contributed by atoms with E-state index in [1.165, 1.54) is 35.0 Å². The van der Waals surface area contributed by atoms with Crippen LogP contribution >= 0.6 is 34.0 Å². The number of sulfone groups is 1. The summed E-state index contributed by atoms with van der Waals surface area (Å²) in [4.78, 5) is 19.4. The molecule has 1 aromatic carbocycles. The number of amides is 1. The van der Waals surface area contributed by atoms with Crippen molar-refractivity contribution < 1.29 is 13.2 Å². The topological polar surface area (TPSA) is 76.1 Å². The molecule has 1 N–H and O–H groups in total. The molecule has 4 rings (SSSR count). The maximum absolute atomic E-state index is 12.9. The summed E-state index contributed by atoms with van der Waals surface area (Å²) in [7, 11) is -3.30. The first kappa shape index (κ1) is 19.0. The van der Waals surface area contributed by atoms with Crippen LogP contribution in [0.15, 0.2) is 58.1 Å². The van der Waals surface area contributed by atoms with Crippen LogP contribution in [0.3, 0.4) is 0 Å². The van der Waals surface area contributed by atoms with Crippen LogP contribution in [0.25, 0.3) is 21.9 Å². The minimum atomic E-state index is -3.30. The number of nitrogens with zero attached hydrogens (tertiary/aromatic N) is 1. The van der Waals surface area contributed by atoms with E-state index in [2.05, 4.69) is 10.3 Å². The lowest BCUT2D eigenvalue weighted by Crippen LogP contribution is -2.12. The molecule has 5 nitrogen and oxygen atoms in total. The Morgan fingerprint density at radius 1 is 1.11 bits per heavy atom. The largest absolute Gasteiger partial charge is 0.298 e. The fraction of sp³-hybridized carbons (Fsp3) is 0.0526. The third-order valence-corrected chi connectivity index (χ3v) is 7.64. The first-order chi connectivity index (χ1) is 13.4. The van der Waals surface area contributed by atoms with Crippen LogP contribution < -0.4 is 5.32 Å². The van der Waals surface area contributed by atoms with Gasteiger partial charge in [0, 0.05) is 16.0 Å². The fourth-order valence-electron chi connectivity index (χ4n) is 2.55. The van der Waals surface area contributed by atoms with Crippen molar-refractivity contribution in [3.63, 3.8) is 0 Å². The van der Waals surface area contributed by atoms with E-state index < -0.39 is 9.84 Å². The lowest BCUT2D eigenvalue weighted by molar-refractivity contribution is -0.111. The second kappa shape index (κ2) is 7.59. The van der Waals surface area contributed by atoms with Crippen LogP contribution in [-0.2, 0) is 14.6 Å². The van der Waals surface area contributed by atoms with Crippen molar-refractivity contribution in [3.8, 4) is 0 Å². The molecule has 28 heavy (non-hydrogen) atoms. The van der Waals surface area contributed by atoms with Gasteiger partial charge in [-0.05, 0) is 47.2 Å². The molecule has 0 atom stereocenters. The Hall–Kier alpha value is -2.33. The van der Waals surface area contributed by atoms with Gasteiger partial charge in [-0.1, -0.05) is 23.5 Å². The van der Waals surface area contributed by atoms with Gasteiger partial charge >= 0.3 is 0 Å². The second-order valence-corrected chi connectivity index (χ2v) is 10.9. The van der Waals surface area contributed by atoms with Crippen molar-refractivity contribution in [1.29, 1.82) is 0 Å². The summed E-state index contributed by atoms with van der Waals surface area (Å²) >= 11 is 4.30. The second-order valence-electron chi connectivity index (χ2n) is 5.93. The van der Waals surface area contributed by atoms with Crippen LogP contribution in [0.2, 0.25) is 0 Å².